The highest BCUT2D eigenvalue weighted by molar-refractivity contribution is 6.22. The van der Waals surface area contributed by atoms with Crippen LogP contribution in [0.15, 0.2) is 54.6 Å². The van der Waals surface area contributed by atoms with E-state index in [9.17, 15) is 24.0 Å². The van der Waals surface area contributed by atoms with Gasteiger partial charge in [-0.3, -0.25) is 24.3 Å². The molecule has 3 amide bonds. The normalized spacial score (nSPS) is 18.1. The molecule has 1 saturated heterocycles. The lowest BCUT2D eigenvalue weighted by atomic mass is 9.79. The Hall–Kier alpha value is -4.25. The van der Waals surface area contributed by atoms with Gasteiger partial charge in [-0.2, -0.15) is 0 Å². The van der Waals surface area contributed by atoms with Gasteiger partial charge in [0.2, 0.25) is 0 Å². The van der Waals surface area contributed by atoms with E-state index >= 15 is 0 Å². The van der Waals surface area contributed by atoms with E-state index in [1.54, 1.807) is 45.0 Å². The molecule has 0 aromatic heterocycles. The van der Waals surface area contributed by atoms with Gasteiger partial charge in [-0.25, -0.2) is 14.4 Å². The molecule has 2 aromatic rings. The van der Waals surface area contributed by atoms with Crippen LogP contribution in [0.25, 0.3) is 0 Å². The topological polar surface area (TPSA) is 123 Å². The molecule has 0 spiro atoms. The molecule has 1 fully saturated rings. The minimum atomic E-state index is -1.21. The van der Waals surface area contributed by atoms with E-state index in [0.717, 1.165) is 10.5 Å². The van der Waals surface area contributed by atoms with E-state index in [-0.39, 0.29) is 30.8 Å². The predicted octanol–water partition coefficient (Wildman–Crippen LogP) is 3.91. The second-order valence-corrected chi connectivity index (χ2v) is 12.8. The summed E-state index contributed by atoms with van der Waals surface area (Å²) < 4.78 is 16.2. The van der Waals surface area contributed by atoms with E-state index in [0.29, 0.717) is 19.5 Å². The summed E-state index contributed by atoms with van der Waals surface area (Å²) in [7, 11) is 1.27. The summed E-state index contributed by atoms with van der Waals surface area (Å²) in [5.74, 6) is -2.34. The number of methoxy groups -OCH3 is 1. The van der Waals surface area contributed by atoms with Crippen molar-refractivity contribution in [2.24, 2.45) is 5.41 Å². The first kappa shape index (κ1) is 32.7. The molecule has 11 nitrogen and oxygen atoms in total. The van der Waals surface area contributed by atoms with Crippen molar-refractivity contribution in [3.05, 3.63) is 71.3 Å². The molecule has 0 radical (unpaired) electrons. The lowest BCUT2D eigenvalue weighted by Crippen LogP contribution is -2.60. The lowest BCUT2D eigenvalue weighted by Gasteiger charge is -2.42. The molecule has 0 bridgehead atoms. The molecule has 0 saturated carbocycles. The number of nitrogens with zero attached hydrogens (tertiary/aromatic N) is 3. The molecular weight excluding hydrogens is 566 g/mol. The zero-order valence-corrected chi connectivity index (χ0v) is 26.2. The Labute approximate surface area is 258 Å². The van der Waals surface area contributed by atoms with Crippen LogP contribution in [-0.4, -0.2) is 95.5 Å². The quantitative estimate of drug-likeness (QED) is 0.237. The van der Waals surface area contributed by atoms with Crippen molar-refractivity contribution in [3.8, 4) is 0 Å². The first-order valence-corrected chi connectivity index (χ1v) is 14.7. The molecule has 44 heavy (non-hydrogen) atoms. The first-order valence-electron chi connectivity index (χ1n) is 14.7. The van der Waals surface area contributed by atoms with Gasteiger partial charge in [0, 0.05) is 19.6 Å². The van der Waals surface area contributed by atoms with Crippen LogP contribution in [-0.2, 0) is 30.4 Å². The van der Waals surface area contributed by atoms with Crippen molar-refractivity contribution < 1.29 is 38.2 Å². The number of piperazine rings is 1. The zero-order valence-electron chi connectivity index (χ0n) is 26.2. The molecule has 2 heterocycles. The monoisotopic (exact) mass is 607 g/mol. The summed E-state index contributed by atoms with van der Waals surface area (Å²) in [6.45, 7) is 10.2. The third-order valence-corrected chi connectivity index (χ3v) is 7.91. The highest BCUT2D eigenvalue weighted by atomic mass is 16.6. The SMILES string of the molecule is COC(=O)[C@@H]1CN(CCC(C)(C)[C@H](C(=O)OCc2ccccc2)N2C(=O)c3ccccc3C2=O)CCN1C(=O)OC(C)(C)C. The van der Waals surface area contributed by atoms with Crippen molar-refractivity contribution in [3.63, 3.8) is 0 Å². The average molecular weight is 608 g/mol. The van der Waals surface area contributed by atoms with Crippen LogP contribution in [0.3, 0.4) is 0 Å². The van der Waals surface area contributed by atoms with Gasteiger partial charge in [-0.05, 0) is 56.8 Å². The van der Waals surface area contributed by atoms with Crippen LogP contribution in [0.5, 0.6) is 0 Å². The van der Waals surface area contributed by atoms with E-state index in [2.05, 4.69) is 0 Å². The summed E-state index contributed by atoms with van der Waals surface area (Å²) in [6, 6.07) is 13.6. The summed E-state index contributed by atoms with van der Waals surface area (Å²) >= 11 is 0. The van der Waals surface area contributed by atoms with Gasteiger partial charge < -0.3 is 14.2 Å². The number of carbonyl (C=O) groups excluding carboxylic acids is 5. The molecule has 0 aliphatic carbocycles. The fraction of sp³-hybridized carbons (Fsp3) is 0.485. The van der Waals surface area contributed by atoms with Gasteiger partial charge in [-0.1, -0.05) is 56.3 Å². The van der Waals surface area contributed by atoms with Gasteiger partial charge in [0.15, 0.2) is 0 Å². The number of benzene rings is 2. The molecule has 2 atom stereocenters. The maximum absolute atomic E-state index is 13.8. The third-order valence-electron chi connectivity index (χ3n) is 7.91. The minimum Gasteiger partial charge on any atom is -0.467 e. The van der Waals surface area contributed by atoms with Crippen LogP contribution < -0.4 is 0 Å². The summed E-state index contributed by atoms with van der Waals surface area (Å²) in [4.78, 5) is 70.7. The van der Waals surface area contributed by atoms with Crippen LogP contribution in [0, 0.1) is 5.41 Å². The van der Waals surface area contributed by atoms with Gasteiger partial charge in [0.25, 0.3) is 11.8 Å². The molecule has 2 aromatic carbocycles. The number of hydrogen-bond donors (Lipinski definition) is 0. The molecule has 0 N–H and O–H groups in total. The van der Waals surface area contributed by atoms with Crippen molar-refractivity contribution in [2.45, 2.75) is 65.3 Å². The molecule has 11 heteroatoms. The largest absolute Gasteiger partial charge is 0.467 e. The highest BCUT2D eigenvalue weighted by Crippen LogP contribution is 2.36. The van der Waals surface area contributed by atoms with E-state index in [1.165, 1.54) is 12.0 Å². The first-order chi connectivity index (χ1) is 20.7. The van der Waals surface area contributed by atoms with E-state index < -0.39 is 52.9 Å². The van der Waals surface area contributed by atoms with Crippen molar-refractivity contribution >= 4 is 29.8 Å². The Morgan fingerprint density at radius 3 is 2.05 bits per heavy atom. The lowest BCUT2D eigenvalue weighted by molar-refractivity contribution is -0.154. The summed E-state index contributed by atoms with van der Waals surface area (Å²) in [6.07, 6.45) is -0.231. The Morgan fingerprint density at radius 2 is 1.48 bits per heavy atom. The Bertz CT molecular complexity index is 1370. The second kappa shape index (κ2) is 13.2. The molecule has 236 valence electrons. The van der Waals surface area contributed by atoms with Crippen molar-refractivity contribution in [1.29, 1.82) is 0 Å². The molecule has 2 aliphatic heterocycles. The van der Waals surface area contributed by atoms with Crippen molar-refractivity contribution in [2.75, 3.05) is 33.3 Å². The predicted molar refractivity (Wildman–Crippen MR) is 161 cm³/mol. The smallest absolute Gasteiger partial charge is 0.411 e. The van der Waals surface area contributed by atoms with Gasteiger partial charge in [0.05, 0.1) is 18.2 Å². The van der Waals surface area contributed by atoms with Crippen LogP contribution in [0.2, 0.25) is 0 Å². The minimum absolute atomic E-state index is 0.0111. The van der Waals surface area contributed by atoms with Crippen molar-refractivity contribution in [1.82, 2.24) is 14.7 Å². The van der Waals surface area contributed by atoms with Gasteiger partial charge >= 0.3 is 18.0 Å². The van der Waals surface area contributed by atoms with Crippen LogP contribution in [0.1, 0.15) is 67.3 Å². The number of amides is 3. The fourth-order valence-corrected chi connectivity index (χ4v) is 5.53. The Kier molecular flexibility index (Phi) is 9.78. The average Bonchev–Trinajstić information content (AvgIpc) is 3.23. The maximum Gasteiger partial charge on any atom is 0.411 e. The number of ether oxygens (including phenoxy) is 3. The number of imide groups is 1. The number of hydrogen-bond acceptors (Lipinski definition) is 9. The summed E-state index contributed by atoms with van der Waals surface area (Å²) in [5.41, 5.74) is -0.393. The number of esters is 2. The van der Waals surface area contributed by atoms with E-state index in [1.807, 2.05) is 49.1 Å². The van der Waals surface area contributed by atoms with Gasteiger partial charge in [-0.15, -0.1) is 0 Å². The fourth-order valence-electron chi connectivity index (χ4n) is 5.53. The molecule has 2 aliphatic rings. The molecule has 0 unspecified atom stereocenters. The molecular formula is C33H41N3O8. The third kappa shape index (κ3) is 7.27. The maximum atomic E-state index is 13.8. The highest BCUT2D eigenvalue weighted by Gasteiger charge is 2.50. The van der Waals surface area contributed by atoms with E-state index in [4.69, 9.17) is 14.2 Å². The Balaban J connectivity index is 1.53. The van der Waals surface area contributed by atoms with Gasteiger partial charge in [0.1, 0.15) is 24.3 Å². The standard InChI is InChI=1S/C33H41N3O8/c1-32(2,3)44-31(41)35-19-18-34(20-25(35)29(39)42-6)17-16-33(4,5)26(30(40)43-21-22-12-8-7-9-13-22)36-27(37)23-14-10-11-15-24(23)28(36)38/h7-15,25-26H,16-21H2,1-6H3/t25-,26-/m0/s1. The van der Waals surface area contributed by atoms with Crippen LogP contribution >= 0.6 is 0 Å². The zero-order chi connectivity index (χ0) is 32.2. The van der Waals surface area contributed by atoms with Crippen LogP contribution in [0.4, 0.5) is 4.79 Å². The number of fused-ring (bicyclic) bond motifs is 1. The second-order valence-electron chi connectivity index (χ2n) is 12.8. The Morgan fingerprint density at radius 1 is 0.886 bits per heavy atom. The summed E-state index contributed by atoms with van der Waals surface area (Å²) in [5, 5.41) is 0. The number of carbonyl (C=O) groups is 5. The molecule has 4 rings (SSSR count). The number of rotatable bonds is 9.